The molecule has 3 aromatic carbocycles. The molecule has 1 unspecified atom stereocenters. The van der Waals surface area contributed by atoms with Crippen molar-refractivity contribution in [1.29, 1.82) is 0 Å². The van der Waals surface area contributed by atoms with E-state index in [1.165, 1.54) is 23.8 Å². The average Bonchev–Trinajstić information content (AvgIpc) is 3.57. The van der Waals surface area contributed by atoms with Gasteiger partial charge in [0.1, 0.15) is 5.82 Å². The number of imidazole rings is 1. The van der Waals surface area contributed by atoms with E-state index in [4.69, 9.17) is 20.9 Å². The van der Waals surface area contributed by atoms with Gasteiger partial charge in [0.15, 0.2) is 17.3 Å². The highest BCUT2D eigenvalue weighted by Gasteiger charge is 2.27. The van der Waals surface area contributed by atoms with Crippen LogP contribution in [0.1, 0.15) is 49.8 Å². The van der Waals surface area contributed by atoms with Gasteiger partial charge in [0.05, 0.1) is 32.2 Å². The first kappa shape index (κ1) is 29.4. The van der Waals surface area contributed by atoms with Crippen LogP contribution in [0.25, 0.3) is 0 Å². The molecule has 45 heavy (non-hydrogen) atoms. The molecule has 0 bridgehead atoms. The summed E-state index contributed by atoms with van der Waals surface area (Å²) >= 11 is 0. The highest BCUT2D eigenvalue weighted by Crippen LogP contribution is 2.37. The van der Waals surface area contributed by atoms with E-state index >= 15 is 0 Å². The summed E-state index contributed by atoms with van der Waals surface area (Å²) in [5, 5.41) is 0. The number of fused-ring (bicyclic) bond motifs is 1. The summed E-state index contributed by atoms with van der Waals surface area (Å²) in [6.45, 7) is 1.51. The van der Waals surface area contributed by atoms with Crippen LogP contribution in [-0.2, 0) is 19.4 Å². The molecule has 1 aliphatic heterocycles. The van der Waals surface area contributed by atoms with Gasteiger partial charge in [-0.3, -0.25) is 4.79 Å². The van der Waals surface area contributed by atoms with Crippen molar-refractivity contribution < 1.29 is 14.3 Å². The Kier molecular flexibility index (Phi) is 8.45. The number of benzene rings is 3. The highest BCUT2D eigenvalue weighted by atomic mass is 16.5. The summed E-state index contributed by atoms with van der Waals surface area (Å²) in [5.74, 6) is 1.00. The second kappa shape index (κ2) is 12.9. The number of nitrogens with two attached hydrogens (primary N) is 2. The van der Waals surface area contributed by atoms with Gasteiger partial charge >= 0.3 is 0 Å². The Labute approximate surface area is 262 Å². The Hall–Kier alpha value is -5.64. The van der Waals surface area contributed by atoms with Crippen molar-refractivity contribution in [2.45, 2.75) is 25.4 Å². The minimum atomic E-state index is -0.207. The summed E-state index contributed by atoms with van der Waals surface area (Å²) in [6, 6.07) is 20.7. The van der Waals surface area contributed by atoms with Gasteiger partial charge in [0, 0.05) is 55.9 Å². The number of hydrogen-bond acceptors (Lipinski definition) is 9. The van der Waals surface area contributed by atoms with Crippen LogP contribution in [0, 0.1) is 0 Å². The van der Waals surface area contributed by atoms with Gasteiger partial charge in [-0.25, -0.2) is 9.97 Å². The number of hydrogen-bond donors (Lipinski definition) is 2. The van der Waals surface area contributed by atoms with Crippen LogP contribution < -0.4 is 20.9 Å². The van der Waals surface area contributed by atoms with Crippen LogP contribution in [0.2, 0.25) is 0 Å². The molecule has 0 spiro atoms. The second-order valence-corrected chi connectivity index (χ2v) is 10.9. The molecule has 0 fully saturated rings. The smallest absolute Gasteiger partial charge is 0.221 e. The molecule has 228 valence electrons. The predicted molar refractivity (Wildman–Crippen MR) is 173 cm³/mol. The molecular formula is C35H35N7O3. The lowest BCUT2D eigenvalue weighted by Crippen LogP contribution is -2.32. The van der Waals surface area contributed by atoms with Crippen LogP contribution in [-0.4, -0.2) is 51.0 Å². The number of ketones is 1. The van der Waals surface area contributed by atoms with Gasteiger partial charge in [0.25, 0.3) is 0 Å². The molecule has 2 aromatic heterocycles. The number of nitrogens with zero attached hydrogens (tertiary/aromatic N) is 5. The normalized spacial score (nSPS) is 14.4. The van der Waals surface area contributed by atoms with Crippen LogP contribution in [0.15, 0.2) is 97.9 Å². The fraction of sp³-hybridized carbons (Fsp3) is 0.200. The molecule has 0 radical (unpaired) electrons. The molecule has 1 atom stereocenters. The number of carbonyl (C=O) groups excluding carboxylic acids is 1. The molecule has 0 amide bonds. The third-order valence-electron chi connectivity index (χ3n) is 8.07. The van der Waals surface area contributed by atoms with Crippen molar-refractivity contribution in [3.05, 3.63) is 137 Å². The number of nitrogen functional groups attached to an aromatic ring is 2. The molecule has 10 heteroatoms. The third-order valence-corrected chi connectivity index (χ3v) is 8.07. The number of allylic oxidation sites excluding steroid dienone is 1. The average molecular weight is 602 g/mol. The molecule has 5 aromatic rings. The molecule has 0 saturated heterocycles. The summed E-state index contributed by atoms with van der Waals surface area (Å²) in [6.07, 6.45) is 11.9. The standard InChI is InChI=1S/C35H35N7O3/c1-44-31-19-24(17-27-20-39-35(37)40-34(27)36)18-29(33(31)45-2)30(43)12-15-42-14-11-25-5-3-4-6-28(25)32(42)26-9-7-23(8-10-26)21-41-16-13-38-22-41/h3-10,12-13,15-16,18-20,22,32H,11,14,17,21H2,1-2H3,(H4,36,37,39,40). The predicted octanol–water partition coefficient (Wildman–Crippen LogP) is 4.84. The summed E-state index contributed by atoms with van der Waals surface area (Å²) in [5.41, 5.74) is 18.5. The number of carbonyl (C=O) groups is 1. The zero-order valence-electron chi connectivity index (χ0n) is 25.3. The Bertz CT molecular complexity index is 1840. The van der Waals surface area contributed by atoms with Crippen molar-refractivity contribution in [2.24, 2.45) is 0 Å². The molecule has 3 heterocycles. The SMILES string of the molecule is COc1cc(Cc2cnc(N)nc2N)cc(C(=O)C=CN2CCc3ccccc3C2c2ccc(Cn3ccnc3)cc2)c1OC. The Morgan fingerprint density at radius 2 is 1.87 bits per heavy atom. The first-order valence-corrected chi connectivity index (χ1v) is 14.7. The van der Waals surface area contributed by atoms with Gasteiger partial charge in [-0.15, -0.1) is 0 Å². The number of anilines is 2. The van der Waals surface area contributed by atoms with Crippen LogP contribution in [0.5, 0.6) is 11.5 Å². The zero-order chi connectivity index (χ0) is 31.3. The van der Waals surface area contributed by atoms with Crippen LogP contribution >= 0.6 is 0 Å². The topological polar surface area (TPSA) is 134 Å². The largest absolute Gasteiger partial charge is 0.493 e. The van der Waals surface area contributed by atoms with E-state index in [9.17, 15) is 4.79 Å². The summed E-state index contributed by atoms with van der Waals surface area (Å²) < 4.78 is 13.3. The van der Waals surface area contributed by atoms with Crippen molar-refractivity contribution in [3.63, 3.8) is 0 Å². The second-order valence-electron chi connectivity index (χ2n) is 10.9. The maximum atomic E-state index is 13.8. The number of ether oxygens (including phenoxy) is 2. The minimum absolute atomic E-state index is 0.0439. The number of aromatic nitrogens is 4. The first-order chi connectivity index (χ1) is 21.9. The Morgan fingerprint density at radius 1 is 1.04 bits per heavy atom. The van der Waals surface area contributed by atoms with E-state index < -0.39 is 0 Å². The lowest BCUT2D eigenvalue weighted by atomic mass is 9.88. The van der Waals surface area contributed by atoms with Crippen LogP contribution in [0.4, 0.5) is 11.8 Å². The lowest BCUT2D eigenvalue weighted by Gasteiger charge is -2.37. The fourth-order valence-electron chi connectivity index (χ4n) is 5.86. The van der Waals surface area contributed by atoms with Gasteiger partial charge in [-0.05, 0) is 46.4 Å². The van der Waals surface area contributed by atoms with E-state index in [2.05, 4.69) is 68.4 Å². The molecule has 0 aliphatic carbocycles. The fourth-order valence-corrected chi connectivity index (χ4v) is 5.86. The molecule has 10 nitrogen and oxygen atoms in total. The monoisotopic (exact) mass is 601 g/mol. The maximum Gasteiger partial charge on any atom is 0.221 e. The van der Waals surface area contributed by atoms with Crippen molar-refractivity contribution in [3.8, 4) is 11.5 Å². The van der Waals surface area contributed by atoms with Gasteiger partial charge in [0.2, 0.25) is 5.95 Å². The molecule has 0 saturated carbocycles. The zero-order valence-corrected chi connectivity index (χ0v) is 25.3. The van der Waals surface area contributed by atoms with E-state index in [1.807, 2.05) is 29.4 Å². The summed E-state index contributed by atoms with van der Waals surface area (Å²) in [4.78, 5) is 28.3. The van der Waals surface area contributed by atoms with Gasteiger partial charge in [-0.1, -0.05) is 48.5 Å². The Morgan fingerprint density at radius 3 is 2.60 bits per heavy atom. The number of methoxy groups -OCH3 is 2. The van der Waals surface area contributed by atoms with E-state index in [1.54, 1.807) is 31.6 Å². The maximum absolute atomic E-state index is 13.8. The van der Waals surface area contributed by atoms with E-state index in [-0.39, 0.29) is 23.6 Å². The quantitative estimate of drug-likeness (QED) is 0.170. The minimum Gasteiger partial charge on any atom is -0.493 e. The summed E-state index contributed by atoms with van der Waals surface area (Å²) in [7, 11) is 3.07. The lowest BCUT2D eigenvalue weighted by molar-refractivity contribution is 0.104. The van der Waals surface area contributed by atoms with Gasteiger partial charge < -0.3 is 30.4 Å². The molecule has 4 N–H and O–H groups in total. The number of rotatable bonds is 10. The molecular weight excluding hydrogens is 566 g/mol. The van der Waals surface area contributed by atoms with Crippen LogP contribution in [0.3, 0.4) is 0 Å². The highest BCUT2D eigenvalue weighted by molar-refractivity contribution is 6.07. The van der Waals surface area contributed by atoms with Crippen molar-refractivity contribution >= 4 is 17.5 Å². The van der Waals surface area contributed by atoms with E-state index in [0.717, 1.165) is 30.6 Å². The van der Waals surface area contributed by atoms with E-state index in [0.29, 0.717) is 29.0 Å². The van der Waals surface area contributed by atoms with Crippen molar-refractivity contribution in [2.75, 3.05) is 32.2 Å². The molecule has 6 rings (SSSR count). The third kappa shape index (κ3) is 6.35. The van der Waals surface area contributed by atoms with Crippen molar-refractivity contribution in [1.82, 2.24) is 24.4 Å². The first-order valence-electron chi connectivity index (χ1n) is 14.7. The molecule has 1 aliphatic rings. The Balaban J connectivity index is 1.30. The van der Waals surface area contributed by atoms with Gasteiger partial charge in [-0.2, -0.15) is 4.98 Å².